The molecular formula is C21H37IN4O2. The van der Waals surface area contributed by atoms with E-state index in [2.05, 4.69) is 36.3 Å². The maximum absolute atomic E-state index is 9.69. The molecule has 3 N–H and O–H groups in total. The van der Waals surface area contributed by atoms with Gasteiger partial charge in [0.2, 0.25) is 0 Å². The lowest BCUT2D eigenvalue weighted by atomic mass is 10.0. The summed E-state index contributed by atoms with van der Waals surface area (Å²) in [7, 11) is 1.57. The first-order valence-corrected chi connectivity index (χ1v) is 10.1. The number of ether oxygens (including phenoxy) is 1. The van der Waals surface area contributed by atoms with Crippen LogP contribution in [0.25, 0.3) is 0 Å². The SMILES string of the molecule is CCNC(=NCCc1ccc(O)c(OC)c1)NC1CCN(CC(C)C)CC1.I. The Morgan fingerprint density at radius 3 is 2.64 bits per heavy atom. The maximum Gasteiger partial charge on any atom is 0.191 e. The van der Waals surface area contributed by atoms with E-state index in [-0.39, 0.29) is 29.7 Å². The fourth-order valence-electron chi connectivity index (χ4n) is 3.46. The number of hydrogen-bond acceptors (Lipinski definition) is 4. The summed E-state index contributed by atoms with van der Waals surface area (Å²) in [4.78, 5) is 7.29. The summed E-state index contributed by atoms with van der Waals surface area (Å²) in [5, 5.41) is 16.6. The van der Waals surface area contributed by atoms with E-state index in [1.54, 1.807) is 13.2 Å². The summed E-state index contributed by atoms with van der Waals surface area (Å²) in [5.74, 6) is 2.30. The first-order chi connectivity index (χ1) is 13.0. The minimum Gasteiger partial charge on any atom is -0.504 e. The molecule has 0 bridgehead atoms. The molecule has 0 aliphatic carbocycles. The number of nitrogens with one attached hydrogen (secondary N) is 2. The van der Waals surface area contributed by atoms with E-state index in [4.69, 9.17) is 9.73 Å². The molecule has 1 aliphatic rings. The van der Waals surface area contributed by atoms with Crippen molar-refractivity contribution in [3.63, 3.8) is 0 Å². The van der Waals surface area contributed by atoms with Crippen LogP contribution in [0.4, 0.5) is 0 Å². The third kappa shape index (κ3) is 8.43. The molecule has 2 rings (SSSR count). The van der Waals surface area contributed by atoms with Gasteiger partial charge in [0.1, 0.15) is 0 Å². The number of phenols is 1. The van der Waals surface area contributed by atoms with Crippen molar-refractivity contribution < 1.29 is 9.84 Å². The van der Waals surface area contributed by atoms with Crippen molar-refractivity contribution in [2.45, 2.75) is 46.1 Å². The van der Waals surface area contributed by atoms with E-state index in [9.17, 15) is 5.11 Å². The number of rotatable bonds is 8. The minimum absolute atomic E-state index is 0. The summed E-state index contributed by atoms with van der Waals surface area (Å²) >= 11 is 0. The Morgan fingerprint density at radius 1 is 1.32 bits per heavy atom. The normalized spacial score (nSPS) is 16.0. The summed E-state index contributed by atoms with van der Waals surface area (Å²) in [6, 6.07) is 5.94. The van der Waals surface area contributed by atoms with Crippen LogP contribution in [0, 0.1) is 5.92 Å². The van der Waals surface area contributed by atoms with Crippen LogP contribution in [0.3, 0.4) is 0 Å². The minimum atomic E-state index is 0. The lowest BCUT2D eigenvalue weighted by Gasteiger charge is -2.34. The van der Waals surface area contributed by atoms with Crippen molar-refractivity contribution in [1.29, 1.82) is 0 Å². The van der Waals surface area contributed by atoms with Gasteiger partial charge in [-0.05, 0) is 49.8 Å². The predicted molar refractivity (Wildman–Crippen MR) is 127 cm³/mol. The lowest BCUT2D eigenvalue weighted by molar-refractivity contribution is 0.187. The number of piperidine rings is 1. The molecule has 1 aromatic carbocycles. The largest absolute Gasteiger partial charge is 0.504 e. The maximum atomic E-state index is 9.69. The number of methoxy groups -OCH3 is 1. The van der Waals surface area contributed by atoms with Gasteiger partial charge in [-0.3, -0.25) is 4.99 Å². The highest BCUT2D eigenvalue weighted by Crippen LogP contribution is 2.26. The van der Waals surface area contributed by atoms with Crippen molar-refractivity contribution in [3.05, 3.63) is 23.8 Å². The fourth-order valence-corrected chi connectivity index (χ4v) is 3.46. The Morgan fingerprint density at radius 2 is 2.04 bits per heavy atom. The van der Waals surface area contributed by atoms with Gasteiger partial charge < -0.3 is 25.4 Å². The molecule has 0 aromatic heterocycles. The topological polar surface area (TPSA) is 69.1 Å². The number of nitrogens with zero attached hydrogens (tertiary/aromatic N) is 2. The first kappa shape index (κ1) is 24.8. The molecule has 1 saturated heterocycles. The number of aromatic hydroxyl groups is 1. The summed E-state index contributed by atoms with van der Waals surface area (Å²) in [5.41, 5.74) is 1.10. The second kappa shape index (κ2) is 13.1. The fraction of sp³-hybridized carbons (Fsp3) is 0.667. The molecule has 1 heterocycles. The van der Waals surface area contributed by atoms with E-state index in [0.717, 1.165) is 56.3 Å². The monoisotopic (exact) mass is 504 g/mol. The van der Waals surface area contributed by atoms with Gasteiger partial charge in [-0.2, -0.15) is 0 Å². The van der Waals surface area contributed by atoms with Crippen molar-refractivity contribution in [2.75, 3.05) is 39.8 Å². The summed E-state index contributed by atoms with van der Waals surface area (Å²) < 4.78 is 5.17. The number of phenolic OH excluding ortho intramolecular Hbond substituents is 1. The van der Waals surface area contributed by atoms with Gasteiger partial charge >= 0.3 is 0 Å². The molecule has 7 heteroatoms. The molecular weight excluding hydrogens is 467 g/mol. The van der Waals surface area contributed by atoms with Crippen molar-refractivity contribution >= 4 is 29.9 Å². The molecule has 6 nitrogen and oxygen atoms in total. The molecule has 28 heavy (non-hydrogen) atoms. The second-order valence-electron chi connectivity index (χ2n) is 7.63. The summed E-state index contributed by atoms with van der Waals surface area (Å²) in [6.45, 7) is 11.7. The lowest BCUT2D eigenvalue weighted by Crippen LogP contribution is -2.49. The van der Waals surface area contributed by atoms with Gasteiger partial charge in [0.25, 0.3) is 0 Å². The smallest absolute Gasteiger partial charge is 0.191 e. The van der Waals surface area contributed by atoms with Gasteiger partial charge in [-0.15, -0.1) is 24.0 Å². The quantitative estimate of drug-likeness (QED) is 0.288. The van der Waals surface area contributed by atoms with E-state index < -0.39 is 0 Å². The van der Waals surface area contributed by atoms with Crippen LogP contribution >= 0.6 is 24.0 Å². The Balaban J connectivity index is 0.00000392. The zero-order valence-electron chi connectivity index (χ0n) is 17.7. The highest BCUT2D eigenvalue weighted by atomic mass is 127. The van der Waals surface area contributed by atoms with Crippen LogP contribution in [0.15, 0.2) is 23.2 Å². The molecule has 1 aromatic rings. The zero-order chi connectivity index (χ0) is 19.6. The van der Waals surface area contributed by atoms with Crippen molar-refractivity contribution in [2.24, 2.45) is 10.9 Å². The molecule has 1 aliphatic heterocycles. The molecule has 1 fully saturated rings. The average Bonchev–Trinajstić information content (AvgIpc) is 2.64. The number of likely N-dealkylation sites (tertiary alicyclic amines) is 1. The third-order valence-corrected chi connectivity index (χ3v) is 4.81. The predicted octanol–water partition coefficient (Wildman–Crippen LogP) is 3.24. The van der Waals surface area contributed by atoms with Gasteiger partial charge in [-0.1, -0.05) is 19.9 Å². The van der Waals surface area contributed by atoms with Crippen LogP contribution in [0.1, 0.15) is 39.2 Å². The zero-order valence-corrected chi connectivity index (χ0v) is 20.0. The van der Waals surface area contributed by atoms with Crippen LogP contribution in [-0.4, -0.2) is 61.8 Å². The number of halogens is 1. The molecule has 0 atom stereocenters. The Hall–Kier alpha value is -1.22. The van der Waals surface area contributed by atoms with Gasteiger partial charge in [0.05, 0.1) is 7.11 Å². The third-order valence-electron chi connectivity index (χ3n) is 4.81. The highest BCUT2D eigenvalue weighted by molar-refractivity contribution is 14.0. The molecule has 0 amide bonds. The molecule has 0 spiro atoms. The van der Waals surface area contributed by atoms with Gasteiger partial charge in [-0.25, -0.2) is 0 Å². The summed E-state index contributed by atoms with van der Waals surface area (Å²) in [6.07, 6.45) is 3.12. The Labute approximate surface area is 187 Å². The number of guanidine groups is 1. The van der Waals surface area contributed by atoms with Crippen LogP contribution in [-0.2, 0) is 6.42 Å². The molecule has 160 valence electrons. The van der Waals surface area contributed by atoms with Crippen molar-refractivity contribution in [1.82, 2.24) is 15.5 Å². The van der Waals surface area contributed by atoms with Crippen LogP contribution in [0.5, 0.6) is 11.5 Å². The molecule has 0 unspecified atom stereocenters. The highest BCUT2D eigenvalue weighted by Gasteiger charge is 2.20. The van der Waals surface area contributed by atoms with Crippen LogP contribution in [0.2, 0.25) is 0 Å². The van der Waals surface area contributed by atoms with E-state index in [0.29, 0.717) is 18.3 Å². The Kier molecular flexibility index (Phi) is 11.6. The Bertz CT molecular complexity index is 602. The van der Waals surface area contributed by atoms with E-state index >= 15 is 0 Å². The number of hydrogen-bond donors (Lipinski definition) is 3. The number of benzene rings is 1. The van der Waals surface area contributed by atoms with Gasteiger partial charge in [0.15, 0.2) is 17.5 Å². The van der Waals surface area contributed by atoms with E-state index in [1.165, 1.54) is 6.54 Å². The van der Waals surface area contributed by atoms with Gasteiger partial charge in [0, 0.05) is 38.8 Å². The van der Waals surface area contributed by atoms with E-state index in [1.807, 2.05) is 12.1 Å². The molecule has 0 radical (unpaired) electrons. The van der Waals surface area contributed by atoms with Crippen molar-refractivity contribution in [3.8, 4) is 11.5 Å². The first-order valence-electron chi connectivity index (χ1n) is 10.1. The number of aliphatic imine (C=N–C) groups is 1. The van der Waals surface area contributed by atoms with Crippen LogP contribution < -0.4 is 15.4 Å². The standard InChI is InChI=1S/C21H36N4O2.HI/c1-5-22-21(24-18-9-12-25(13-10-18)15-16(2)3)23-11-8-17-6-7-19(26)20(14-17)27-4;/h6-7,14,16,18,26H,5,8-13,15H2,1-4H3,(H2,22,23,24);1H. The average molecular weight is 504 g/mol. The second-order valence-corrected chi connectivity index (χ2v) is 7.63. The molecule has 0 saturated carbocycles.